The van der Waals surface area contributed by atoms with Gasteiger partial charge in [-0.05, 0) is 6.92 Å². The molecule has 2 aromatic rings. The minimum Gasteiger partial charge on any atom is -0.323 e. The highest BCUT2D eigenvalue weighted by Gasteiger charge is 2.36. The number of nitrogens with zero attached hydrogens (tertiary/aromatic N) is 4. The molecule has 8 nitrogen and oxygen atoms in total. The van der Waals surface area contributed by atoms with Crippen molar-refractivity contribution in [3.63, 3.8) is 0 Å². The Morgan fingerprint density at radius 3 is 2.77 bits per heavy atom. The maximum atomic E-state index is 13.7. The van der Waals surface area contributed by atoms with E-state index in [0.717, 1.165) is 0 Å². The predicted octanol–water partition coefficient (Wildman–Crippen LogP) is 1.44. The normalized spacial score (nSPS) is 12.8. The van der Waals surface area contributed by atoms with Gasteiger partial charge in [-0.25, -0.2) is 15.0 Å². The number of rotatable bonds is 6. The smallest absolute Gasteiger partial charge is 0.323 e. The number of aryl methyl sites for hydroxylation is 1. The van der Waals surface area contributed by atoms with Gasteiger partial charge in [0, 0.05) is 5.57 Å². The third-order valence-electron chi connectivity index (χ3n) is 2.77. The first kappa shape index (κ1) is 16.6. The number of ether oxygens (including phenoxy) is 1. The molecule has 0 fully saturated rings. The van der Waals surface area contributed by atoms with E-state index in [-0.39, 0.29) is 6.54 Å². The summed E-state index contributed by atoms with van der Waals surface area (Å²) in [7, 11) is -4.70. The first-order valence-corrected chi connectivity index (χ1v) is 7.77. The van der Waals surface area contributed by atoms with E-state index < -0.39 is 25.6 Å². The average Bonchev–Trinajstić information content (AvgIpc) is 2.81. The topological polar surface area (TPSA) is 110 Å². The second kappa shape index (κ2) is 5.81. The molecule has 0 aliphatic heterocycles. The highest BCUT2D eigenvalue weighted by Crippen LogP contribution is 2.38. The van der Waals surface area contributed by atoms with Crippen LogP contribution in [0.25, 0.3) is 11.2 Å². The van der Waals surface area contributed by atoms with E-state index in [2.05, 4.69) is 26.3 Å². The van der Waals surface area contributed by atoms with Gasteiger partial charge in [-0.1, -0.05) is 6.58 Å². The molecule has 0 aliphatic rings. The molecule has 0 saturated heterocycles. The average molecular weight is 334 g/mol. The number of fused-ring (bicyclic) bond motifs is 1. The zero-order valence-electron chi connectivity index (χ0n) is 11.5. The second-order valence-electron chi connectivity index (χ2n) is 4.56. The van der Waals surface area contributed by atoms with Crippen LogP contribution in [0.2, 0.25) is 0 Å². The van der Waals surface area contributed by atoms with Crippen LogP contribution >= 0.6 is 7.60 Å². The monoisotopic (exact) mass is 334 g/mol. The van der Waals surface area contributed by atoms with Crippen LogP contribution < -0.4 is 0 Å². The van der Waals surface area contributed by atoms with Crippen molar-refractivity contribution in [3.8, 4) is 0 Å². The van der Waals surface area contributed by atoms with Crippen LogP contribution in [0.15, 0.2) is 24.8 Å². The first-order valence-electron chi connectivity index (χ1n) is 5.97. The lowest BCUT2D eigenvalue weighted by Crippen LogP contribution is -2.26. The molecule has 0 aliphatic carbocycles. The fourth-order valence-electron chi connectivity index (χ4n) is 1.68. The molecule has 0 aromatic carbocycles. The number of halogens is 2. The molecule has 2 aromatic heterocycles. The quantitative estimate of drug-likeness (QED) is 0.607. The van der Waals surface area contributed by atoms with Gasteiger partial charge >= 0.3 is 13.7 Å². The third-order valence-corrected chi connectivity index (χ3v) is 3.24. The Bertz CT molecular complexity index is 758. The van der Waals surface area contributed by atoms with Crippen LogP contribution in [-0.2, 0) is 15.8 Å². The Kier molecular flexibility index (Phi) is 4.39. The van der Waals surface area contributed by atoms with E-state index >= 15 is 0 Å². The van der Waals surface area contributed by atoms with Gasteiger partial charge in [0.1, 0.15) is 11.8 Å². The highest BCUT2D eigenvalue weighted by molar-refractivity contribution is 7.51. The summed E-state index contributed by atoms with van der Waals surface area (Å²) in [5, 5.41) is 0. The van der Waals surface area contributed by atoms with Gasteiger partial charge in [-0.3, -0.25) is 4.57 Å². The summed E-state index contributed by atoms with van der Waals surface area (Å²) in [6, 6.07) is 0. The van der Waals surface area contributed by atoms with E-state index in [0.29, 0.717) is 16.9 Å². The van der Waals surface area contributed by atoms with Crippen LogP contribution in [0.3, 0.4) is 0 Å². The highest BCUT2D eigenvalue weighted by atomic mass is 31.2. The molecular formula is C11H13F2N4O4P. The summed E-state index contributed by atoms with van der Waals surface area (Å²) in [6.07, 6.45) is -2.71. The van der Waals surface area contributed by atoms with Crippen LogP contribution in [0.1, 0.15) is 5.69 Å². The molecule has 0 saturated carbocycles. The summed E-state index contributed by atoms with van der Waals surface area (Å²) < 4.78 is 43.3. The van der Waals surface area contributed by atoms with Gasteiger partial charge in [-0.15, -0.1) is 0 Å². The molecule has 2 N–H and O–H groups in total. The van der Waals surface area contributed by atoms with Gasteiger partial charge in [0.25, 0.3) is 0 Å². The van der Waals surface area contributed by atoms with Crippen molar-refractivity contribution in [2.75, 3.05) is 6.35 Å². The molecule has 0 atom stereocenters. The minimum atomic E-state index is -4.70. The van der Waals surface area contributed by atoms with E-state index in [4.69, 9.17) is 9.79 Å². The van der Waals surface area contributed by atoms with Gasteiger partial charge in [-0.2, -0.15) is 8.78 Å². The molecule has 0 radical (unpaired) electrons. The maximum Gasteiger partial charge on any atom is 0.381 e. The molecule has 0 bridgehead atoms. The number of hydrogen-bond donors (Lipinski definition) is 2. The van der Waals surface area contributed by atoms with Crippen molar-refractivity contribution in [2.45, 2.75) is 19.6 Å². The zero-order chi connectivity index (χ0) is 16.5. The summed E-state index contributed by atoms with van der Waals surface area (Å²) in [5.41, 5.74) is 0.726. The fourth-order valence-corrected chi connectivity index (χ4v) is 2.01. The van der Waals surface area contributed by atoms with Crippen molar-refractivity contribution < 1.29 is 27.9 Å². The standard InChI is InChI=1S/C11H13F2N4O4P/c1-7(11(12,13)21-6-22(18,19)20)3-17-5-16-9-8(2)14-4-15-10(9)17/h4-5H,1,3,6H2,2H3,(H2,18,19,20). The number of alkyl halides is 2. The number of aromatic nitrogens is 4. The van der Waals surface area contributed by atoms with Gasteiger partial charge in [0.05, 0.1) is 18.6 Å². The van der Waals surface area contributed by atoms with E-state index in [1.807, 2.05) is 0 Å². The van der Waals surface area contributed by atoms with E-state index in [1.165, 1.54) is 17.2 Å². The Labute approximate surface area is 123 Å². The molecule has 11 heteroatoms. The van der Waals surface area contributed by atoms with E-state index in [1.54, 1.807) is 6.92 Å². The summed E-state index contributed by atoms with van der Waals surface area (Å²) >= 11 is 0. The molecule has 120 valence electrons. The minimum absolute atomic E-state index is 0.347. The van der Waals surface area contributed by atoms with Crippen molar-refractivity contribution in [3.05, 3.63) is 30.5 Å². The second-order valence-corrected chi connectivity index (χ2v) is 6.15. The Balaban J connectivity index is 2.16. The van der Waals surface area contributed by atoms with Crippen molar-refractivity contribution in [2.24, 2.45) is 0 Å². The summed E-state index contributed by atoms with van der Waals surface area (Å²) in [4.78, 5) is 29.1. The summed E-state index contributed by atoms with van der Waals surface area (Å²) in [6.45, 7) is 4.54. The maximum absolute atomic E-state index is 13.7. The zero-order valence-corrected chi connectivity index (χ0v) is 12.4. The van der Waals surface area contributed by atoms with Crippen LogP contribution in [0, 0.1) is 6.92 Å². The lowest BCUT2D eigenvalue weighted by Gasteiger charge is -2.19. The van der Waals surface area contributed by atoms with Gasteiger partial charge < -0.3 is 19.1 Å². The van der Waals surface area contributed by atoms with Crippen LogP contribution in [0.5, 0.6) is 0 Å². The predicted molar refractivity (Wildman–Crippen MR) is 72.1 cm³/mol. The SMILES string of the molecule is C=C(Cn1cnc2c(C)ncnc21)C(F)(F)OCP(=O)(O)O. The molecule has 2 heterocycles. The molecule has 0 spiro atoms. The van der Waals surface area contributed by atoms with E-state index in [9.17, 15) is 13.3 Å². The lowest BCUT2D eigenvalue weighted by molar-refractivity contribution is -0.200. The molecular weight excluding hydrogens is 321 g/mol. The van der Waals surface area contributed by atoms with Crippen molar-refractivity contribution in [1.29, 1.82) is 0 Å². The molecule has 2 rings (SSSR count). The van der Waals surface area contributed by atoms with Gasteiger partial charge in [0.15, 0.2) is 12.0 Å². The number of imidazole rings is 1. The molecule has 0 unspecified atom stereocenters. The van der Waals surface area contributed by atoms with Crippen molar-refractivity contribution >= 4 is 18.8 Å². The first-order chi connectivity index (χ1) is 10.1. The van der Waals surface area contributed by atoms with Crippen LogP contribution in [0.4, 0.5) is 8.78 Å². The molecule has 22 heavy (non-hydrogen) atoms. The summed E-state index contributed by atoms with van der Waals surface area (Å²) in [5.74, 6) is 0. The Morgan fingerprint density at radius 1 is 1.45 bits per heavy atom. The Hall–Kier alpha value is -1.74. The molecule has 0 amide bonds. The van der Waals surface area contributed by atoms with Gasteiger partial charge in [0.2, 0.25) is 0 Å². The Morgan fingerprint density at radius 2 is 2.14 bits per heavy atom. The lowest BCUT2D eigenvalue weighted by atomic mass is 10.3. The third kappa shape index (κ3) is 3.72. The largest absolute Gasteiger partial charge is 0.381 e. The van der Waals surface area contributed by atoms with Crippen LogP contribution in [-0.4, -0.2) is 41.8 Å². The van der Waals surface area contributed by atoms with Crippen molar-refractivity contribution in [1.82, 2.24) is 19.5 Å². The fraction of sp³-hybridized carbons (Fsp3) is 0.364. The number of hydrogen-bond acceptors (Lipinski definition) is 5.